The predicted octanol–water partition coefficient (Wildman–Crippen LogP) is 12.0. The quantitative estimate of drug-likeness (QED) is 0.170. The SMILES string of the molecule is C=C(c1ccc(OCCC)cc1)C(CCC(C)Cc1ccc(C(C)(C)C)cc1)OCC(C)Cc1ccc(C(C)(C)C)cc1.CC. The van der Waals surface area contributed by atoms with Crippen LogP contribution in [0.15, 0.2) is 79.4 Å². The second-order valence-corrected chi connectivity index (χ2v) is 14.8. The summed E-state index contributed by atoms with van der Waals surface area (Å²) in [5.41, 5.74) is 8.09. The molecule has 3 aromatic rings. The Morgan fingerprint density at radius 2 is 1.13 bits per heavy atom. The fraction of sp³-hybridized carbons (Fsp3) is 0.535. The minimum absolute atomic E-state index is 0.0150. The van der Waals surface area contributed by atoms with Gasteiger partial charge in [-0.15, -0.1) is 0 Å². The fourth-order valence-corrected chi connectivity index (χ4v) is 5.49. The Morgan fingerprint density at radius 1 is 0.667 bits per heavy atom. The van der Waals surface area contributed by atoms with Crippen molar-refractivity contribution in [1.29, 1.82) is 0 Å². The number of benzene rings is 3. The van der Waals surface area contributed by atoms with Gasteiger partial charge in [0.05, 0.1) is 19.3 Å². The molecule has 45 heavy (non-hydrogen) atoms. The molecule has 0 heterocycles. The van der Waals surface area contributed by atoms with E-state index in [9.17, 15) is 0 Å². The standard InChI is InChI=1S/C41H58O2.C2H6/c1-11-26-42-38-23-17-35(18-24-38)32(4)39(25-12-30(2)27-33-13-19-36(20-14-33)40(5,6)7)43-29-31(3)28-34-15-21-37(22-16-34)41(8,9)10;1-2/h13-24,30-31,39H,4,11-12,25-29H2,1-3,5-10H3;1-2H3. The lowest BCUT2D eigenvalue weighted by molar-refractivity contribution is 0.0587. The van der Waals surface area contributed by atoms with E-state index in [4.69, 9.17) is 9.47 Å². The highest BCUT2D eigenvalue weighted by molar-refractivity contribution is 5.67. The zero-order valence-corrected chi connectivity index (χ0v) is 30.6. The van der Waals surface area contributed by atoms with Crippen LogP contribution in [-0.2, 0) is 28.4 Å². The molecule has 0 aliphatic carbocycles. The molecular formula is C43H64O2. The van der Waals surface area contributed by atoms with Crippen LogP contribution in [0.3, 0.4) is 0 Å². The first-order valence-electron chi connectivity index (χ1n) is 17.5. The van der Waals surface area contributed by atoms with Crippen molar-refractivity contribution in [3.8, 4) is 5.75 Å². The van der Waals surface area contributed by atoms with Gasteiger partial charge in [-0.3, -0.25) is 0 Å². The van der Waals surface area contributed by atoms with E-state index in [-0.39, 0.29) is 16.9 Å². The third-order valence-electron chi connectivity index (χ3n) is 8.40. The van der Waals surface area contributed by atoms with E-state index in [1.165, 1.54) is 22.3 Å². The summed E-state index contributed by atoms with van der Waals surface area (Å²) in [6, 6.07) is 26.7. The van der Waals surface area contributed by atoms with Crippen molar-refractivity contribution < 1.29 is 9.47 Å². The second kappa shape index (κ2) is 18.3. The average Bonchev–Trinajstić information content (AvgIpc) is 3.00. The smallest absolute Gasteiger partial charge is 0.119 e. The summed E-state index contributed by atoms with van der Waals surface area (Å²) in [4.78, 5) is 0. The first-order chi connectivity index (χ1) is 21.3. The van der Waals surface area contributed by atoms with E-state index < -0.39 is 0 Å². The zero-order chi connectivity index (χ0) is 33.6. The third-order valence-corrected chi connectivity index (χ3v) is 8.40. The van der Waals surface area contributed by atoms with Crippen LogP contribution in [0.5, 0.6) is 5.75 Å². The van der Waals surface area contributed by atoms with Crippen LogP contribution in [0.25, 0.3) is 5.57 Å². The Labute approximate surface area is 277 Å². The lowest BCUT2D eigenvalue weighted by atomic mass is 9.85. The lowest BCUT2D eigenvalue weighted by Crippen LogP contribution is -2.21. The van der Waals surface area contributed by atoms with Crippen LogP contribution in [0.4, 0.5) is 0 Å². The van der Waals surface area contributed by atoms with Crippen molar-refractivity contribution >= 4 is 5.57 Å². The molecule has 3 unspecified atom stereocenters. The van der Waals surface area contributed by atoms with Gasteiger partial charge in [-0.1, -0.05) is 143 Å². The van der Waals surface area contributed by atoms with Gasteiger partial charge in [0.25, 0.3) is 0 Å². The maximum absolute atomic E-state index is 6.69. The Bertz CT molecular complexity index is 1170. The van der Waals surface area contributed by atoms with Gasteiger partial charge in [0, 0.05) is 0 Å². The van der Waals surface area contributed by atoms with E-state index in [1.807, 2.05) is 13.8 Å². The molecule has 0 aliphatic rings. The Balaban J connectivity index is 0.00000345. The lowest BCUT2D eigenvalue weighted by Gasteiger charge is -2.25. The molecule has 0 fully saturated rings. The van der Waals surface area contributed by atoms with Crippen molar-refractivity contribution in [2.45, 2.75) is 125 Å². The fourth-order valence-electron chi connectivity index (χ4n) is 5.49. The number of rotatable bonds is 15. The summed E-state index contributed by atoms with van der Waals surface area (Å²) in [6.07, 6.45) is 5.12. The van der Waals surface area contributed by atoms with E-state index in [2.05, 4.69) is 142 Å². The van der Waals surface area contributed by atoms with Crippen molar-refractivity contribution in [3.05, 3.63) is 107 Å². The van der Waals surface area contributed by atoms with Crippen LogP contribution in [-0.4, -0.2) is 19.3 Å². The van der Waals surface area contributed by atoms with Gasteiger partial charge >= 0.3 is 0 Å². The summed E-state index contributed by atoms with van der Waals surface area (Å²) in [5, 5.41) is 0. The van der Waals surface area contributed by atoms with Gasteiger partial charge in [0.1, 0.15) is 5.75 Å². The second-order valence-electron chi connectivity index (χ2n) is 14.8. The molecule has 3 aromatic carbocycles. The van der Waals surface area contributed by atoms with Gasteiger partial charge < -0.3 is 9.47 Å². The Kier molecular flexibility index (Phi) is 15.6. The summed E-state index contributed by atoms with van der Waals surface area (Å²) in [5.74, 6) is 1.88. The summed E-state index contributed by atoms with van der Waals surface area (Å²) < 4.78 is 12.5. The Morgan fingerprint density at radius 3 is 1.58 bits per heavy atom. The first-order valence-corrected chi connectivity index (χ1v) is 17.5. The van der Waals surface area contributed by atoms with Gasteiger partial charge in [-0.05, 0) is 100 Å². The monoisotopic (exact) mass is 612 g/mol. The number of hydrogen-bond acceptors (Lipinski definition) is 2. The minimum atomic E-state index is -0.0150. The molecule has 0 bridgehead atoms. The van der Waals surface area contributed by atoms with Crippen LogP contribution in [0, 0.1) is 11.8 Å². The molecule has 0 saturated heterocycles. The number of ether oxygens (including phenoxy) is 2. The maximum atomic E-state index is 6.69. The highest BCUT2D eigenvalue weighted by atomic mass is 16.5. The molecule has 2 heteroatoms. The highest BCUT2D eigenvalue weighted by Gasteiger charge is 2.20. The van der Waals surface area contributed by atoms with E-state index in [1.54, 1.807) is 0 Å². The molecule has 0 saturated carbocycles. The minimum Gasteiger partial charge on any atom is -0.494 e. The van der Waals surface area contributed by atoms with E-state index >= 15 is 0 Å². The topological polar surface area (TPSA) is 18.5 Å². The molecule has 0 spiro atoms. The normalized spacial score (nSPS) is 13.8. The van der Waals surface area contributed by atoms with Crippen LogP contribution < -0.4 is 4.74 Å². The first kappa shape index (κ1) is 38.3. The Hall–Kier alpha value is -2.84. The van der Waals surface area contributed by atoms with Gasteiger partial charge in [-0.25, -0.2) is 0 Å². The molecule has 248 valence electrons. The van der Waals surface area contributed by atoms with Gasteiger partial charge in [0.15, 0.2) is 0 Å². The summed E-state index contributed by atoms with van der Waals surface area (Å²) in [7, 11) is 0. The zero-order valence-electron chi connectivity index (χ0n) is 30.6. The van der Waals surface area contributed by atoms with Crippen LogP contribution in [0.2, 0.25) is 0 Å². The van der Waals surface area contributed by atoms with Crippen molar-refractivity contribution in [3.63, 3.8) is 0 Å². The van der Waals surface area contributed by atoms with E-state index in [0.717, 1.165) is 55.6 Å². The number of hydrogen-bond donors (Lipinski definition) is 0. The van der Waals surface area contributed by atoms with Gasteiger partial charge in [-0.2, -0.15) is 0 Å². The molecule has 0 N–H and O–H groups in total. The molecule has 0 aromatic heterocycles. The summed E-state index contributed by atoms with van der Waals surface area (Å²) in [6.45, 7) is 30.4. The summed E-state index contributed by atoms with van der Waals surface area (Å²) >= 11 is 0. The molecule has 0 radical (unpaired) electrons. The third kappa shape index (κ3) is 13.2. The predicted molar refractivity (Wildman–Crippen MR) is 198 cm³/mol. The highest BCUT2D eigenvalue weighted by Crippen LogP contribution is 2.29. The molecule has 2 nitrogen and oxygen atoms in total. The van der Waals surface area contributed by atoms with Crippen molar-refractivity contribution in [2.24, 2.45) is 11.8 Å². The molecule has 0 amide bonds. The van der Waals surface area contributed by atoms with Crippen molar-refractivity contribution in [1.82, 2.24) is 0 Å². The largest absolute Gasteiger partial charge is 0.494 e. The van der Waals surface area contributed by atoms with Gasteiger partial charge in [0.2, 0.25) is 0 Å². The molecule has 3 atom stereocenters. The molecule has 3 rings (SSSR count). The van der Waals surface area contributed by atoms with Crippen LogP contribution >= 0.6 is 0 Å². The van der Waals surface area contributed by atoms with E-state index in [0.29, 0.717) is 18.4 Å². The molecule has 0 aliphatic heterocycles. The van der Waals surface area contributed by atoms with Crippen LogP contribution in [0.1, 0.15) is 123 Å². The van der Waals surface area contributed by atoms with Crippen molar-refractivity contribution in [2.75, 3.05) is 13.2 Å². The maximum Gasteiger partial charge on any atom is 0.119 e. The average molecular weight is 613 g/mol. The molecular weight excluding hydrogens is 548 g/mol.